The van der Waals surface area contributed by atoms with Gasteiger partial charge in [0.15, 0.2) is 0 Å². The molecule has 6 aliphatic rings. The van der Waals surface area contributed by atoms with Crippen LogP contribution in [0.5, 0.6) is 0 Å². The molecule has 25 heavy (non-hydrogen) atoms. The predicted molar refractivity (Wildman–Crippen MR) is 95.0 cm³/mol. The van der Waals surface area contributed by atoms with E-state index in [0.29, 0.717) is 11.8 Å². The number of nitrogens with zero attached hydrogens (tertiary/aromatic N) is 1. The molecule has 6 fully saturated rings. The van der Waals surface area contributed by atoms with E-state index < -0.39 is 5.60 Å². The topological polar surface area (TPSA) is 49.8 Å². The third kappa shape index (κ3) is 2.43. The zero-order valence-electron chi connectivity index (χ0n) is 15.7. The lowest BCUT2D eigenvalue weighted by Crippen LogP contribution is -2.64. The van der Waals surface area contributed by atoms with E-state index >= 15 is 0 Å². The van der Waals surface area contributed by atoms with Gasteiger partial charge in [-0.1, -0.05) is 13.3 Å². The van der Waals surface area contributed by atoms with Gasteiger partial charge in [-0.2, -0.15) is 0 Å². The van der Waals surface area contributed by atoms with Crippen LogP contribution < -0.4 is 0 Å². The van der Waals surface area contributed by atoms with Crippen molar-refractivity contribution >= 4 is 5.91 Å². The number of rotatable bonds is 2. The van der Waals surface area contributed by atoms with E-state index in [1.165, 1.54) is 19.3 Å². The van der Waals surface area contributed by atoms with E-state index in [1.54, 1.807) is 0 Å². The average molecular weight is 347 g/mol. The minimum Gasteiger partial charge on any atom is -0.390 e. The SMILES string of the molecule is CCC12CC3CC(O)(C1)CC(C(=O)N1CCC4(CCCO4)CC1)(C3)C2. The summed E-state index contributed by atoms with van der Waals surface area (Å²) < 4.78 is 6.03. The Bertz CT molecular complexity index is 576. The van der Waals surface area contributed by atoms with Crippen LogP contribution >= 0.6 is 0 Å². The summed E-state index contributed by atoms with van der Waals surface area (Å²) in [5.74, 6) is 0.917. The molecule has 4 atom stereocenters. The van der Waals surface area contributed by atoms with Crippen molar-refractivity contribution in [2.24, 2.45) is 16.7 Å². The molecule has 1 spiro atoms. The summed E-state index contributed by atoms with van der Waals surface area (Å²) in [7, 11) is 0. The number of carbonyl (C=O) groups is 1. The van der Waals surface area contributed by atoms with Gasteiger partial charge in [-0.3, -0.25) is 4.79 Å². The monoisotopic (exact) mass is 347 g/mol. The molecule has 0 aromatic rings. The molecule has 4 saturated carbocycles. The molecule has 1 N–H and O–H groups in total. The highest BCUT2D eigenvalue weighted by Crippen LogP contribution is 2.68. The van der Waals surface area contributed by atoms with Crippen LogP contribution in [0.4, 0.5) is 0 Å². The molecule has 0 aromatic carbocycles. The fraction of sp³-hybridized carbons (Fsp3) is 0.952. The Kier molecular flexibility index (Phi) is 3.46. The second-order valence-electron chi connectivity index (χ2n) is 10.3. The molecule has 4 nitrogen and oxygen atoms in total. The molecule has 1 amide bonds. The molecule has 0 radical (unpaired) electrons. The number of carbonyl (C=O) groups excluding carboxylic acids is 1. The van der Waals surface area contributed by atoms with Gasteiger partial charge in [-0.15, -0.1) is 0 Å². The Labute approximate surface area is 151 Å². The van der Waals surface area contributed by atoms with Gasteiger partial charge in [0.1, 0.15) is 0 Å². The highest BCUT2D eigenvalue weighted by atomic mass is 16.5. The number of hydrogen-bond donors (Lipinski definition) is 1. The Morgan fingerprint density at radius 2 is 1.92 bits per heavy atom. The van der Waals surface area contributed by atoms with Crippen molar-refractivity contribution in [3.8, 4) is 0 Å². The van der Waals surface area contributed by atoms with Crippen LogP contribution in [-0.4, -0.2) is 46.8 Å². The lowest BCUT2D eigenvalue weighted by Gasteiger charge is -2.65. The van der Waals surface area contributed by atoms with Crippen molar-refractivity contribution in [1.82, 2.24) is 4.90 Å². The standard InChI is InChI=1S/C21H33NO3/c1-2-18-10-16-11-19(13-18,15-20(24,12-16)14-18)17(23)22-7-5-21(6-8-22)4-3-9-25-21/h16,24H,2-15H2,1H3. The van der Waals surface area contributed by atoms with Crippen molar-refractivity contribution < 1.29 is 14.6 Å². The minimum absolute atomic E-state index is 0.0705. The number of piperidine rings is 1. The summed E-state index contributed by atoms with van der Waals surface area (Å²) in [6, 6.07) is 0. The lowest BCUT2D eigenvalue weighted by molar-refractivity contribution is -0.211. The van der Waals surface area contributed by atoms with Crippen LogP contribution in [0.15, 0.2) is 0 Å². The van der Waals surface area contributed by atoms with Crippen molar-refractivity contribution in [2.45, 2.75) is 88.8 Å². The van der Waals surface area contributed by atoms with E-state index in [9.17, 15) is 9.90 Å². The molecule has 4 heteroatoms. The van der Waals surface area contributed by atoms with Crippen molar-refractivity contribution in [3.05, 3.63) is 0 Å². The highest BCUT2D eigenvalue weighted by Gasteiger charge is 2.65. The Morgan fingerprint density at radius 1 is 1.12 bits per heavy atom. The molecule has 6 rings (SSSR count). The summed E-state index contributed by atoms with van der Waals surface area (Å²) in [4.78, 5) is 15.8. The minimum atomic E-state index is -0.573. The van der Waals surface area contributed by atoms with Gasteiger partial charge in [-0.25, -0.2) is 0 Å². The van der Waals surface area contributed by atoms with Gasteiger partial charge in [0.05, 0.1) is 16.6 Å². The predicted octanol–water partition coefficient (Wildman–Crippen LogP) is 3.27. The summed E-state index contributed by atoms with van der Waals surface area (Å²) in [5, 5.41) is 11.2. The second kappa shape index (κ2) is 5.22. The molecule has 2 saturated heterocycles. The second-order valence-corrected chi connectivity index (χ2v) is 10.3. The highest BCUT2D eigenvalue weighted by molar-refractivity contribution is 5.83. The van der Waals surface area contributed by atoms with Crippen LogP contribution in [0.1, 0.15) is 77.6 Å². The van der Waals surface area contributed by atoms with E-state index in [1.807, 2.05) is 0 Å². The van der Waals surface area contributed by atoms with Crippen LogP contribution in [0.25, 0.3) is 0 Å². The largest absolute Gasteiger partial charge is 0.390 e. The average Bonchev–Trinajstić information content (AvgIpc) is 3.01. The van der Waals surface area contributed by atoms with Gasteiger partial charge in [0.2, 0.25) is 5.91 Å². The number of ether oxygens (including phenoxy) is 1. The van der Waals surface area contributed by atoms with Gasteiger partial charge in [0, 0.05) is 19.7 Å². The van der Waals surface area contributed by atoms with Crippen LogP contribution in [0, 0.1) is 16.7 Å². The van der Waals surface area contributed by atoms with E-state index in [-0.39, 0.29) is 16.4 Å². The van der Waals surface area contributed by atoms with E-state index in [4.69, 9.17) is 4.74 Å². The fourth-order valence-electron chi connectivity index (χ4n) is 7.82. The third-order valence-corrected chi connectivity index (χ3v) is 8.51. The maximum Gasteiger partial charge on any atom is 0.228 e. The molecule has 2 aliphatic heterocycles. The number of likely N-dealkylation sites (tertiary alicyclic amines) is 1. The molecule has 0 aromatic heterocycles. The lowest BCUT2D eigenvalue weighted by atomic mass is 9.42. The maximum atomic E-state index is 13.6. The summed E-state index contributed by atoms with van der Waals surface area (Å²) >= 11 is 0. The number of hydrogen-bond acceptors (Lipinski definition) is 3. The van der Waals surface area contributed by atoms with Crippen LogP contribution in [0.3, 0.4) is 0 Å². The fourth-order valence-corrected chi connectivity index (χ4v) is 7.82. The number of aliphatic hydroxyl groups is 1. The number of amides is 1. The first-order valence-electron chi connectivity index (χ1n) is 10.6. The molecule has 4 bridgehead atoms. The third-order valence-electron chi connectivity index (χ3n) is 8.51. The van der Waals surface area contributed by atoms with Crippen LogP contribution in [0.2, 0.25) is 0 Å². The first-order valence-corrected chi connectivity index (χ1v) is 10.6. The summed E-state index contributed by atoms with van der Waals surface area (Å²) in [5.41, 5.74) is -0.557. The summed E-state index contributed by atoms with van der Waals surface area (Å²) in [6.45, 7) is 4.86. The maximum absolute atomic E-state index is 13.6. The molecule has 2 heterocycles. The normalized spacial score (nSPS) is 47.6. The van der Waals surface area contributed by atoms with Crippen molar-refractivity contribution in [1.29, 1.82) is 0 Å². The zero-order chi connectivity index (χ0) is 17.3. The van der Waals surface area contributed by atoms with Crippen molar-refractivity contribution in [2.75, 3.05) is 19.7 Å². The summed E-state index contributed by atoms with van der Waals surface area (Å²) in [6.07, 6.45) is 11.3. The van der Waals surface area contributed by atoms with Gasteiger partial charge in [0.25, 0.3) is 0 Å². The van der Waals surface area contributed by atoms with Gasteiger partial charge < -0.3 is 14.7 Å². The van der Waals surface area contributed by atoms with Crippen molar-refractivity contribution in [3.63, 3.8) is 0 Å². The first kappa shape index (κ1) is 16.6. The Morgan fingerprint density at radius 3 is 2.56 bits per heavy atom. The Hall–Kier alpha value is -0.610. The molecular weight excluding hydrogens is 314 g/mol. The van der Waals surface area contributed by atoms with E-state index in [2.05, 4.69) is 11.8 Å². The quantitative estimate of drug-likeness (QED) is 0.834. The van der Waals surface area contributed by atoms with Gasteiger partial charge >= 0.3 is 0 Å². The molecule has 4 aliphatic carbocycles. The molecule has 4 unspecified atom stereocenters. The van der Waals surface area contributed by atoms with Gasteiger partial charge in [-0.05, 0) is 75.5 Å². The Balaban J connectivity index is 1.37. The molecular formula is C21H33NO3. The smallest absolute Gasteiger partial charge is 0.228 e. The van der Waals surface area contributed by atoms with Crippen LogP contribution in [-0.2, 0) is 9.53 Å². The van der Waals surface area contributed by atoms with E-state index in [0.717, 1.165) is 71.1 Å². The molecule has 140 valence electrons. The zero-order valence-corrected chi connectivity index (χ0v) is 15.7. The first-order chi connectivity index (χ1) is 11.9.